The summed E-state index contributed by atoms with van der Waals surface area (Å²) in [4.78, 5) is 24.6. The Kier molecular flexibility index (Phi) is 8.14. The van der Waals surface area contributed by atoms with E-state index >= 15 is 0 Å². The number of rotatable bonds is 9. The Hall–Kier alpha value is -3.56. The summed E-state index contributed by atoms with van der Waals surface area (Å²) in [6, 6.07) is 18.1. The van der Waals surface area contributed by atoms with Crippen molar-refractivity contribution in [2.24, 2.45) is 0 Å². The Morgan fingerprint density at radius 2 is 1.68 bits per heavy atom. The number of esters is 1. The van der Waals surface area contributed by atoms with E-state index in [1.54, 1.807) is 25.1 Å². The molecule has 8 nitrogen and oxygen atoms in total. The van der Waals surface area contributed by atoms with E-state index in [1.807, 2.05) is 0 Å². The number of benzene rings is 3. The van der Waals surface area contributed by atoms with Crippen LogP contribution in [0.25, 0.3) is 0 Å². The summed E-state index contributed by atoms with van der Waals surface area (Å²) >= 11 is 6.08. The summed E-state index contributed by atoms with van der Waals surface area (Å²) in [6.07, 6.45) is 0. The lowest BCUT2D eigenvalue weighted by atomic mass is 10.2. The van der Waals surface area contributed by atoms with Crippen LogP contribution in [0.15, 0.2) is 77.7 Å². The SMILES string of the molecule is CCOC(=O)c1ccc(NC(=O)CN(c2cccc(Cl)c2)S(=O)(=O)c2ccc(OC)cc2)cc1. The molecule has 3 aromatic carbocycles. The quantitative estimate of drug-likeness (QED) is 0.436. The van der Waals surface area contributed by atoms with Gasteiger partial charge in [-0.1, -0.05) is 17.7 Å². The van der Waals surface area contributed by atoms with E-state index in [2.05, 4.69) is 5.32 Å². The van der Waals surface area contributed by atoms with Crippen molar-refractivity contribution >= 4 is 44.9 Å². The molecule has 0 fully saturated rings. The van der Waals surface area contributed by atoms with Gasteiger partial charge in [-0.05, 0) is 73.7 Å². The molecule has 0 aromatic heterocycles. The number of carbonyl (C=O) groups is 2. The van der Waals surface area contributed by atoms with E-state index in [1.165, 1.54) is 61.7 Å². The molecule has 10 heteroatoms. The van der Waals surface area contributed by atoms with Gasteiger partial charge in [0.1, 0.15) is 12.3 Å². The van der Waals surface area contributed by atoms with Crippen LogP contribution in [0, 0.1) is 0 Å². The zero-order valence-electron chi connectivity index (χ0n) is 18.5. The number of carbonyl (C=O) groups excluding carboxylic acids is 2. The molecule has 0 saturated heterocycles. The van der Waals surface area contributed by atoms with Gasteiger partial charge in [0, 0.05) is 10.7 Å². The number of nitrogens with one attached hydrogen (secondary N) is 1. The van der Waals surface area contributed by atoms with E-state index in [4.69, 9.17) is 21.1 Å². The minimum atomic E-state index is -4.11. The third kappa shape index (κ3) is 6.06. The Labute approximate surface area is 203 Å². The lowest BCUT2D eigenvalue weighted by molar-refractivity contribution is -0.114. The summed E-state index contributed by atoms with van der Waals surface area (Å²) in [7, 11) is -2.63. The first-order valence-corrected chi connectivity index (χ1v) is 12.1. The van der Waals surface area contributed by atoms with Crippen LogP contribution in [0.1, 0.15) is 17.3 Å². The van der Waals surface area contributed by atoms with Gasteiger partial charge in [0.15, 0.2) is 0 Å². The number of ether oxygens (including phenoxy) is 2. The predicted octanol–water partition coefficient (Wildman–Crippen LogP) is 4.36. The van der Waals surface area contributed by atoms with Gasteiger partial charge < -0.3 is 14.8 Å². The maximum absolute atomic E-state index is 13.4. The molecule has 0 saturated carbocycles. The summed E-state index contributed by atoms with van der Waals surface area (Å²) < 4.78 is 37.8. The monoisotopic (exact) mass is 502 g/mol. The van der Waals surface area contributed by atoms with Gasteiger partial charge in [0.05, 0.1) is 29.9 Å². The molecule has 0 bridgehead atoms. The Balaban J connectivity index is 1.85. The van der Waals surface area contributed by atoms with Crippen LogP contribution >= 0.6 is 11.6 Å². The molecule has 0 heterocycles. The minimum Gasteiger partial charge on any atom is -0.497 e. The number of hydrogen-bond acceptors (Lipinski definition) is 6. The van der Waals surface area contributed by atoms with E-state index in [9.17, 15) is 18.0 Å². The fraction of sp³-hybridized carbons (Fsp3) is 0.167. The number of nitrogens with zero attached hydrogens (tertiary/aromatic N) is 1. The first kappa shape index (κ1) is 25.1. The van der Waals surface area contributed by atoms with Crippen molar-refractivity contribution in [1.29, 1.82) is 0 Å². The highest BCUT2D eigenvalue weighted by atomic mass is 35.5. The number of anilines is 2. The summed E-state index contributed by atoms with van der Waals surface area (Å²) in [5.41, 5.74) is 0.963. The molecular formula is C24H23ClN2O6S. The second kappa shape index (κ2) is 11.0. The highest BCUT2D eigenvalue weighted by Gasteiger charge is 2.27. The Morgan fingerprint density at radius 3 is 2.26 bits per heavy atom. The standard InChI is InChI=1S/C24H23ClN2O6S/c1-3-33-24(29)17-7-9-19(10-8-17)26-23(28)16-27(20-6-4-5-18(25)15-20)34(30,31)22-13-11-21(32-2)12-14-22/h4-15H,3,16H2,1-2H3,(H,26,28). The zero-order valence-corrected chi connectivity index (χ0v) is 20.1. The molecular weight excluding hydrogens is 480 g/mol. The van der Waals surface area contributed by atoms with E-state index in [0.29, 0.717) is 22.0 Å². The van der Waals surface area contributed by atoms with Crippen LogP contribution in [0.5, 0.6) is 5.75 Å². The second-order valence-corrected chi connectivity index (χ2v) is 9.31. The van der Waals surface area contributed by atoms with Gasteiger partial charge in [-0.25, -0.2) is 13.2 Å². The van der Waals surface area contributed by atoms with Crippen molar-refractivity contribution in [3.8, 4) is 5.75 Å². The van der Waals surface area contributed by atoms with Crippen molar-refractivity contribution in [3.05, 3.63) is 83.4 Å². The Morgan fingerprint density at radius 1 is 1.00 bits per heavy atom. The largest absolute Gasteiger partial charge is 0.497 e. The van der Waals surface area contributed by atoms with E-state index < -0.39 is 28.4 Å². The average Bonchev–Trinajstić information content (AvgIpc) is 2.83. The van der Waals surface area contributed by atoms with Crippen LogP contribution in [-0.4, -0.2) is 40.6 Å². The van der Waals surface area contributed by atoms with Crippen LogP contribution in [-0.2, 0) is 19.6 Å². The maximum atomic E-state index is 13.4. The van der Waals surface area contributed by atoms with Crippen LogP contribution in [0.3, 0.4) is 0 Å². The summed E-state index contributed by atoms with van der Waals surface area (Å²) in [5.74, 6) is -0.559. The van der Waals surface area contributed by atoms with Crippen molar-refractivity contribution in [3.63, 3.8) is 0 Å². The predicted molar refractivity (Wildman–Crippen MR) is 130 cm³/mol. The molecule has 0 aliphatic rings. The molecule has 3 rings (SSSR count). The highest BCUT2D eigenvalue weighted by molar-refractivity contribution is 7.92. The molecule has 0 atom stereocenters. The molecule has 3 aromatic rings. The summed E-state index contributed by atoms with van der Waals surface area (Å²) in [6.45, 7) is 1.45. The van der Waals surface area contributed by atoms with Crippen molar-refractivity contribution < 1.29 is 27.5 Å². The number of halogens is 1. The molecule has 0 aliphatic heterocycles. The second-order valence-electron chi connectivity index (χ2n) is 7.01. The number of sulfonamides is 1. The van der Waals surface area contributed by atoms with Crippen LogP contribution in [0.2, 0.25) is 5.02 Å². The molecule has 1 N–H and O–H groups in total. The Bertz CT molecular complexity index is 1260. The zero-order chi connectivity index (χ0) is 24.7. The number of amides is 1. The molecule has 0 spiro atoms. The number of methoxy groups -OCH3 is 1. The molecule has 1 amide bonds. The molecule has 0 aliphatic carbocycles. The van der Waals surface area contributed by atoms with E-state index in [-0.39, 0.29) is 17.2 Å². The highest BCUT2D eigenvalue weighted by Crippen LogP contribution is 2.27. The van der Waals surface area contributed by atoms with Gasteiger partial charge in [0.2, 0.25) is 5.91 Å². The smallest absolute Gasteiger partial charge is 0.338 e. The van der Waals surface area contributed by atoms with Crippen LogP contribution in [0.4, 0.5) is 11.4 Å². The third-order valence-corrected chi connectivity index (χ3v) is 6.73. The van der Waals surface area contributed by atoms with Crippen LogP contribution < -0.4 is 14.4 Å². The third-order valence-electron chi connectivity index (χ3n) is 4.71. The van der Waals surface area contributed by atoms with E-state index in [0.717, 1.165) is 4.31 Å². The summed E-state index contributed by atoms with van der Waals surface area (Å²) in [5, 5.41) is 2.97. The lowest BCUT2D eigenvalue weighted by Crippen LogP contribution is -2.38. The molecule has 34 heavy (non-hydrogen) atoms. The first-order valence-electron chi connectivity index (χ1n) is 10.2. The molecule has 0 radical (unpaired) electrons. The first-order chi connectivity index (χ1) is 16.2. The van der Waals surface area contributed by atoms with Crippen molar-refractivity contribution in [1.82, 2.24) is 0 Å². The average molecular weight is 503 g/mol. The van der Waals surface area contributed by atoms with Crippen molar-refractivity contribution in [2.75, 3.05) is 29.9 Å². The normalized spacial score (nSPS) is 10.9. The van der Waals surface area contributed by atoms with Gasteiger partial charge in [-0.15, -0.1) is 0 Å². The number of hydrogen-bond donors (Lipinski definition) is 1. The minimum absolute atomic E-state index is 0.0140. The van der Waals surface area contributed by atoms with Gasteiger partial charge in [-0.3, -0.25) is 9.10 Å². The van der Waals surface area contributed by atoms with Gasteiger partial charge in [0.25, 0.3) is 10.0 Å². The molecule has 0 unspecified atom stereocenters. The maximum Gasteiger partial charge on any atom is 0.338 e. The van der Waals surface area contributed by atoms with Crippen molar-refractivity contribution in [2.45, 2.75) is 11.8 Å². The van der Waals surface area contributed by atoms with Gasteiger partial charge in [-0.2, -0.15) is 0 Å². The fourth-order valence-corrected chi connectivity index (χ4v) is 4.65. The molecule has 178 valence electrons. The topological polar surface area (TPSA) is 102 Å². The lowest BCUT2D eigenvalue weighted by Gasteiger charge is -2.24. The van der Waals surface area contributed by atoms with Gasteiger partial charge >= 0.3 is 5.97 Å². The fourth-order valence-electron chi connectivity index (χ4n) is 3.06.